The minimum atomic E-state index is 0.202. The molecule has 2 heterocycles. The number of hydrazine groups is 1. The summed E-state index contributed by atoms with van der Waals surface area (Å²) < 4.78 is 0. The van der Waals surface area contributed by atoms with Gasteiger partial charge >= 0.3 is 0 Å². The van der Waals surface area contributed by atoms with E-state index in [9.17, 15) is 5.11 Å². The first-order valence-electron chi connectivity index (χ1n) is 6.15. The molecule has 0 aromatic carbocycles. The van der Waals surface area contributed by atoms with Gasteiger partial charge in [-0.2, -0.15) is 0 Å². The molecule has 1 unspecified atom stereocenters. The Morgan fingerprint density at radius 1 is 1.47 bits per heavy atom. The lowest BCUT2D eigenvalue weighted by Crippen LogP contribution is -2.37. The number of anilines is 2. The van der Waals surface area contributed by atoms with Gasteiger partial charge < -0.3 is 15.4 Å². The van der Waals surface area contributed by atoms with Crippen molar-refractivity contribution in [2.75, 3.05) is 23.5 Å². The van der Waals surface area contributed by atoms with Crippen molar-refractivity contribution in [3.8, 4) is 0 Å². The van der Waals surface area contributed by atoms with Crippen LogP contribution in [0.3, 0.4) is 0 Å². The third-order valence-electron chi connectivity index (χ3n) is 3.31. The normalized spacial score (nSPS) is 21.1. The van der Waals surface area contributed by atoms with Gasteiger partial charge in [-0.25, -0.2) is 10.8 Å². The largest absolute Gasteiger partial charge is 0.394 e. The Morgan fingerprint density at radius 2 is 2.35 bits per heavy atom. The molecule has 1 fully saturated rings. The number of nitrogens with two attached hydrogens (primary N) is 1. The quantitative estimate of drug-likeness (QED) is 0.541. The van der Waals surface area contributed by atoms with E-state index in [0.29, 0.717) is 5.82 Å². The molecule has 4 N–H and O–H groups in total. The van der Waals surface area contributed by atoms with E-state index in [1.165, 1.54) is 19.3 Å². The maximum atomic E-state index is 9.48. The molecule has 1 aliphatic rings. The molecule has 1 saturated heterocycles. The second-order valence-corrected chi connectivity index (χ2v) is 4.42. The third-order valence-corrected chi connectivity index (χ3v) is 3.31. The van der Waals surface area contributed by atoms with Crippen LogP contribution in [0.4, 0.5) is 11.5 Å². The summed E-state index contributed by atoms with van der Waals surface area (Å²) >= 11 is 0. The van der Waals surface area contributed by atoms with Gasteiger partial charge in [0.05, 0.1) is 12.6 Å². The first-order valence-corrected chi connectivity index (χ1v) is 6.15. The van der Waals surface area contributed by atoms with Crippen molar-refractivity contribution in [2.24, 2.45) is 5.84 Å². The topological polar surface area (TPSA) is 74.4 Å². The van der Waals surface area contributed by atoms with Gasteiger partial charge in [-0.05, 0) is 18.9 Å². The van der Waals surface area contributed by atoms with Crippen molar-refractivity contribution >= 4 is 11.5 Å². The first-order chi connectivity index (χ1) is 8.35. The number of aliphatic hydroxyl groups excluding tert-OH is 1. The fourth-order valence-corrected chi connectivity index (χ4v) is 2.38. The van der Waals surface area contributed by atoms with E-state index in [0.717, 1.165) is 18.7 Å². The van der Waals surface area contributed by atoms with Crippen LogP contribution >= 0.6 is 0 Å². The van der Waals surface area contributed by atoms with E-state index in [-0.39, 0.29) is 12.6 Å². The molecular formula is C12H20N4O. The molecule has 5 heteroatoms. The van der Waals surface area contributed by atoms with E-state index < -0.39 is 0 Å². The van der Waals surface area contributed by atoms with Crippen LogP contribution in [0.1, 0.15) is 25.7 Å². The van der Waals surface area contributed by atoms with Gasteiger partial charge in [-0.15, -0.1) is 0 Å². The van der Waals surface area contributed by atoms with Crippen molar-refractivity contribution < 1.29 is 5.11 Å². The van der Waals surface area contributed by atoms with Crippen LogP contribution in [0.25, 0.3) is 0 Å². The Labute approximate surface area is 102 Å². The maximum Gasteiger partial charge on any atom is 0.141 e. The summed E-state index contributed by atoms with van der Waals surface area (Å²) in [5, 5.41) is 9.48. The van der Waals surface area contributed by atoms with Gasteiger partial charge in [0.15, 0.2) is 0 Å². The van der Waals surface area contributed by atoms with Crippen LogP contribution in [0.5, 0.6) is 0 Å². The van der Waals surface area contributed by atoms with Crippen LogP contribution in [0, 0.1) is 0 Å². The van der Waals surface area contributed by atoms with Crippen molar-refractivity contribution in [3.63, 3.8) is 0 Å². The summed E-state index contributed by atoms with van der Waals surface area (Å²) in [5.74, 6) is 6.02. The lowest BCUT2D eigenvalue weighted by atomic mass is 10.1. The van der Waals surface area contributed by atoms with Crippen LogP contribution in [0.15, 0.2) is 18.3 Å². The Kier molecular flexibility index (Phi) is 4.17. The molecule has 0 radical (unpaired) electrons. The molecule has 0 amide bonds. The second-order valence-electron chi connectivity index (χ2n) is 4.42. The summed E-state index contributed by atoms with van der Waals surface area (Å²) in [6.45, 7) is 1.19. The number of nitrogen functional groups attached to an aromatic ring is 1. The van der Waals surface area contributed by atoms with Gasteiger partial charge in [0.2, 0.25) is 0 Å². The second kappa shape index (κ2) is 5.84. The monoisotopic (exact) mass is 236 g/mol. The summed E-state index contributed by atoms with van der Waals surface area (Å²) in [6, 6.07) is 4.11. The molecule has 17 heavy (non-hydrogen) atoms. The average molecular weight is 236 g/mol. The Hall–Kier alpha value is -1.33. The number of hydrogen-bond acceptors (Lipinski definition) is 5. The molecule has 1 aromatic heterocycles. The van der Waals surface area contributed by atoms with E-state index >= 15 is 0 Å². The number of aliphatic hydroxyl groups is 1. The minimum Gasteiger partial charge on any atom is -0.394 e. The molecule has 0 saturated carbocycles. The zero-order chi connectivity index (χ0) is 12.1. The number of pyridine rings is 1. The van der Waals surface area contributed by atoms with Gasteiger partial charge in [0.25, 0.3) is 0 Å². The standard InChI is InChI=1S/C12H20N4O/c13-15-12-8-10(5-6-14-12)16-7-3-1-2-4-11(16)9-17/h5-6,8,11,17H,1-4,7,9,13H2,(H,14,15). The van der Waals surface area contributed by atoms with Crippen LogP contribution < -0.4 is 16.2 Å². The first kappa shape index (κ1) is 12.1. The van der Waals surface area contributed by atoms with Crippen molar-refractivity contribution in [3.05, 3.63) is 18.3 Å². The van der Waals surface area contributed by atoms with E-state index in [2.05, 4.69) is 15.3 Å². The lowest BCUT2D eigenvalue weighted by molar-refractivity contribution is 0.255. The molecular weight excluding hydrogens is 216 g/mol. The van der Waals surface area contributed by atoms with E-state index in [1.807, 2.05) is 12.1 Å². The Morgan fingerprint density at radius 3 is 3.12 bits per heavy atom. The highest BCUT2D eigenvalue weighted by Gasteiger charge is 2.20. The number of hydrogen-bond donors (Lipinski definition) is 3. The fraction of sp³-hybridized carbons (Fsp3) is 0.583. The molecule has 1 aromatic rings. The number of rotatable bonds is 3. The minimum absolute atomic E-state index is 0.202. The fourth-order valence-electron chi connectivity index (χ4n) is 2.38. The summed E-state index contributed by atoms with van der Waals surface area (Å²) in [7, 11) is 0. The number of nitrogens with zero attached hydrogens (tertiary/aromatic N) is 2. The van der Waals surface area contributed by atoms with E-state index in [4.69, 9.17) is 5.84 Å². The summed E-state index contributed by atoms with van der Waals surface area (Å²) in [6.07, 6.45) is 6.38. The predicted octanol–water partition coefficient (Wildman–Crippen LogP) is 1.11. The zero-order valence-corrected chi connectivity index (χ0v) is 9.97. The van der Waals surface area contributed by atoms with Gasteiger partial charge in [-0.1, -0.05) is 12.8 Å². The highest BCUT2D eigenvalue weighted by Crippen LogP contribution is 2.25. The summed E-state index contributed by atoms with van der Waals surface area (Å²) in [4.78, 5) is 6.36. The molecule has 0 aliphatic carbocycles. The SMILES string of the molecule is NNc1cc(N2CCCCCC2CO)ccn1. The lowest BCUT2D eigenvalue weighted by Gasteiger charge is -2.30. The van der Waals surface area contributed by atoms with Gasteiger partial charge in [0.1, 0.15) is 5.82 Å². The van der Waals surface area contributed by atoms with Crippen molar-refractivity contribution in [1.29, 1.82) is 0 Å². The molecule has 1 aliphatic heterocycles. The van der Waals surface area contributed by atoms with Gasteiger partial charge in [0, 0.05) is 24.5 Å². The van der Waals surface area contributed by atoms with Crippen LogP contribution in [-0.2, 0) is 0 Å². The average Bonchev–Trinajstić information content (AvgIpc) is 2.63. The zero-order valence-electron chi connectivity index (χ0n) is 9.97. The highest BCUT2D eigenvalue weighted by atomic mass is 16.3. The van der Waals surface area contributed by atoms with Crippen molar-refractivity contribution in [2.45, 2.75) is 31.7 Å². The molecule has 5 nitrogen and oxygen atoms in total. The van der Waals surface area contributed by atoms with Gasteiger partial charge in [-0.3, -0.25) is 0 Å². The summed E-state index contributed by atoms with van der Waals surface area (Å²) in [5.41, 5.74) is 3.63. The molecule has 1 atom stereocenters. The number of aromatic nitrogens is 1. The Bertz CT molecular complexity index is 358. The predicted molar refractivity (Wildman–Crippen MR) is 68.7 cm³/mol. The molecule has 0 bridgehead atoms. The maximum absolute atomic E-state index is 9.48. The smallest absolute Gasteiger partial charge is 0.141 e. The van der Waals surface area contributed by atoms with E-state index in [1.54, 1.807) is 6.20 Å². The molecule has 0 spiro atoms. The highest BCUT2D eigenvalue weighted by molar-refractivity contribution is 5.54. The van der Waals surface area contributed by atoms with Crippen LogP contribution in [-0.4, -0.2) is 29.3 Å². The number of nitrogens with one attached hydrogen (secondary N) is 1. The molecule has 94 valence electrons. The molecule has 2 rings (SSSR count). The van der Waals surface area contributed by atoms with Crippen molar-refractivity contribution in [1.82, 2.24) is 4.98 Å². The Balaban J connectivity index is 2.21. The van der Waals surface area contributed by atoms with Crippen LogP contribution in [0.2, 0.25) is 0 Å². The third kappa shape index (κ3) is 2.87.